The van der Waals surface area contributed by atoms with Crippen LogP contribution in [0.5, 0.6) is 0 Å². The van der Waals surface area contributed by atoms with Crippen molar-refractivity contribution in [3.05, 3.63) is 47.2 Å². The number of anilines is 1. The first-order chi connectivity index (χ1) is 11.0. The summed E-state index contributed by atoms with van der Waals surface area (Å²) in [6.07, 6.45) is 1.27. The van der Waals surface area contributed by atoms with Crippen LogP contribution in [-0.2, 0) is 5.41 Å². The molecular formula is C18H20ClN3O2. The van der Waals surface area contributed by atoms with Gasteiger partial charge in [-0.25, -0.2) is 9.78 Å². The number of nitrogen functional groups attached to an aromatic ring is 1. The van der Waals surface area contributed by atoms with Crippen molar-refractivity contribution in [2.75, 3.05) is 18.8 Å². The highest BCUT2D eigenvalue weighted by atomic mass is 35.5. The SMILES string of the molecule is Cc1nc(N)c(C(=O)O)cc1-c1ccc([C@]23CNC[C@H]2C3)cc1.Cl. The average molecular weight is 346 g/mol. The van der Waals surface area contributed by atoms with Gasteiger partial charge in [-0.15, -0.1) is 12.4 Å². The number of pyridine rings is 1. The molecule has 0 amide bonds. The van der Waals surface area contributed by atoms with E-state index in [-0.39, 0.29) is 23.8 Å². The Hall–Kier alpha value is -2.11. The molecule has 0 bridgehead atoms. The molecule has 2 heterocycles. The number of carboxylic acid groups (broad SMARTS) is 1. The van der Waals surface area contributed by atoms with Crippen molar-refractivity contribution < 1.29 is 9.90 Å². The van der Waals surface area contributed by atoms with Gasteiger partial charge in [-0.05, 0) is 43.0 Å². The molecule has 1 saturated heterocycles. The maximum absolute atomic E-state index is 11.3. The van der Waals surface area contributed by atoms with Gasteiger partial charge in [0.05, 0.1) is 0 Å². The Morgan fingerprint density at radius 3 is 2.62 bits per heavy atom. The summed E-state index contributed by atoms with van der Waals surface area (Å²) in [5, 5.41) is 12.7. The highest BCUT2D eigenvalue weighted by Crippen LogP contribution is 2.56. The predicted molar refractivity (Wildman–Crippen MR) is 95.7 cm³/mol. The lowest BCUT2D eigenvalue weighted by atomic mass is 9.92. The number of hydrogen-bond donors (Lipinski definition) is 3. The molecule has 1 aromatic carbocycles. The minimum atomic E-state index is -1.05. The second-order valence-electron chi connectivity index (χ2n) is 6.62. The quantitative estimate of drug-likeness (QED) is 0.795. The van der Waals surface area contributed by atoms with Crippen molar-refractivity contribution in [3.8, 4) is 11.1 Å². The number of aromatic carboxylic acids is 1. The fourth-order valence-electron chi connectivity index (χ4n) is 3.86. The largest absolute Gasteiger partial charge is 0.478 e. The Morgan fingerprint density at radius 2 is 2.08 bits per heavy atom. The van der Waals surface area contributed by atoms with Gasteiger partial charge in [-0.2, -0.15) is 0 Å². The predicted octanol–water partition coefficient (Wildman–Crippen LogP) is 2.62. The number of aryl methyl sites for hydroxylation is 1. The van der Waals surface area contributed by atoms with Crippen LogP contribution in [0.25, 0.3) is 11.1 Å². The van der Waals surface area contributed by atoms with Crippen molar-refractivity contribution in [3.63, 3.8) is 0 Å². The fraction of sp³-hybridized carbons (Fsp3) is 0.333. The van der Waals surface area contributed by atoms with Gasteiger partial charge >= 0.3 is 5.97 Å². The van der Waals surface area contributed by atoms with Gasteiger partial charge in [0.2, 0.25) is 0 Å². The van der Waals surface area contributed by atoms with Crippen LogP contribution >= 0.6 is 12.4 Å². The molecule has 4 N–H and O–H groups in total. The molecular weight excluding hydrogens is 326 g/mol. The molecule has 1 aliphatic heterocycles. The van der Waals surface area contributed by atoms with Crippen LogP contribution < -0.4 is 11.1 Å². The van der Waals surface area contributed by atoms with Crippen molar-refractivity contribution >= 4 is 24.2 Å². The lowest BCUT2D eigenvalue weighted by Gasteiger charge is -2.14. The number of nitrogens with one attached hydrogen (secondary N) is 1. The van der Waals surface area contributed by atoms with Crippen molar-refractivity contribution in [2.24, 2.45) is 5.92 Å². The molecule has 6 heteroatoms. The number of halogens is 1. The minimum absolute atomic E-state index is 0. The highest BCUT2D eigenvalue weighted by molar-refractivity contribution is 5.94. The third-order valence-corrected chi connectivity index (χ3v) is 5.31. The van der Waals surface area contributed by atoms with Crippen LogP contribution in [0.2, 0.25) is 0 Å². The molecule has 2 fully saturated rings. The summed E-state index contributed by atoms with van der Waals surface area (Å²) < 4.78 is 0. The van der Waals surface area contributed by atoms with Crippen LogP contribution in [-0.4, -0.2) is 29.1 Å². The normalized spacial score (nSPS) is 24.1. The summed E-state index contributed by atoms with van der Waals surface area (Å²) in [4.78, 5) is 15.4. The molecule has 126 valence electrons. The van der Waals surface area contributed by atoms with E-state index in [1.54, 1.807) is 6.07 Å². The van der Waals surface area contributed by atoms with E-state index >= 15 is 0 Å². The molecule has 1 aliphatic carbocycles. The Balaban J connectivity index is 0.00000169. The standard InChI is InChI=1S/C18H19N3O2.ClH/c1-10-14(6-15(17(22)23)16(19)21-10)11-2-4-12(5-3-11)18-7-13(18)8-20-9-18;/h2-6,13,20H,7-9H2,1H3,(H2,19,21)(H,22,23);1H/t13-,18+;/m1./s1. The van der Waals surface area contributed by atoms with Gasteiger partial charge in [0.15, 0.2) is 0 Å². The lowest BCUT2D eigenvalue weighted by Crippen LogP contribution is -2.19. The van der Waals surface area contributed by atoms with Crippen LogP contribution in [0.1, 0.15) is 28.0 Å². The highest BCUT2D eigenvalue weighted by Gasteiger charge is 2.57. The number of benzene rings is 1. The second-order valence-corrected chi connectivity index (χ2v) is 6.62. The van der Waals surface area contributed by atoms with E-state index in [0.29, 0.717) is 5.41 Å². The van der Waals surface area contributed by atoms with Gasteiger partial charge in [0.1, 0.15) is 11.4 Å². The topological polar surface area (TPSA) is 88.2 Å². The number of carboxylic acids is 1. The van der Waals surface area contributed by atoms with E-state index in [1.807, 2.05) is 6.92 Å². The summed E-state index contributed by atoms with van der Waals surface area (Å²) in [5.41, 5.74) is 9.99. The van der Waals surface area contributed by atoms with Gasteiger partial charge < -0.3 is 16.2 Å². The summed E-state index contributed by atoms with van der Waals surface area (Å²) in [6, 6.07) is 10.1. The summed E-state index contributed by atoms with van der Waals surface area (Å²) in [5.74, 6) is -0.219. The maximum atomic E-state index is 11.3. The average Bonchev–Trinajstić information content (AvgIpc) is 3.09. The zero-order valence-electron chi connectivity index (χ0n) is 13.4. The number of nitrogens with zero attached hydrogens (tertiary/aromatic N) is 1. The number of rotatable bonds is 3. The molecule has 24 heavy (non-hydrogen) atoms. The maximum Gasteiger partial charge on any atom is 0.339 e. The van der Waals surface area contributed by atoms with Gasteiger partial charge in [-0.1, -0.05) is 24.3 Å². The van der Waals surface area contributed by atoms with Crippen molar-refractivity contribution in [1.82, 2.24) is 10.3 Å². The van der Waals surface area contributed by atoms with Gasteiger partial charge in [-0.3, -0.25) is 0 Å². The van der Waals surface area contributed by atoms with Crippen molar-refractivity contribution in [2.45, 2.75) is 18.8 Å². The first kappa shape index (κ1) is 16.7. The van der Waals surface area contributed by atoms with Gasteiger partial charge in [0, 0.05) is 23.2 Å². The van der Waals surface area contributed by atoms with Crippen LogP contribution in [0, 0.1) is 12.8 Å². The smallest absolute Gasteiger partial charge is 0.339 e. The van der Waals surface area contributed by atoms with E-state index < -0.39 is 5.97 Å². The first-order valence-electron chi connectivity index (χ1n) is 7.83. The Morgan fingerprint density at radius 1 is 1.38 bits per heavy atom. The first-order valence-corrected chi connectivity index (χ1v) is 7.83. The Bertz CT molecular complexity index is 807. The van der Waals surface area contributed by atoms with Crippen LogP contribution in [0.15, 0.2) is 30.3 Å². The van der Waals surface area contributed by atoms with Crippen LogP contribution in [0.3, 0.4) is 0 Å². The number of nitrogens with two attached hydrogens (primary N) is 1. The number of piperidine rings is 1. The molecule has 1 saturated carbocycles. The van der Waals surface area contributed by atoms with E-state index in [4.69, 9.17) is 5.73 Å². The van der Waals surface area contributed by atoms with Crippen molar-refractivity contribution in [1.29, 1.82) is 0 Å². The van der Waals surface area contributed by atoms with E-state index in [2.05, 4.69) is 34.6 Å². The van der Waals surface area contributed by atoms with E-state index in [1.165, 1.54) is 12.0 Å². The Labute approximate surface area is 146 Å². The zero-order valence-corrected chi connectivity index (χ0v) is 14.2. The number of carbonyl (C=O) groups is 1. The lowest BCUT2D eigenvalue weighted by molar-refractivity contribution is 0.0697. The monoisotopic (exact) mass is 345 g/mol. The number of aromatic nitrogens is 1. The molecule has 2 aliphatic rings. The third kappa shape index (κ3) is 2.44. The molecule has 0 radical (unpaired) electrons. The summed E-state index contributed by atoms with van der Waals surface area (Å²) in [6.45, 7) is 4.02. The second kappa shape index (κ2) is 5.76. The molecule has 0 spiro atoms. The molecule has 4 rings (SSSR count). The zero-order chi connectivity index (χ0) is 16.2. The molecule has 2 atom stereocenters. The van der Waals surface area contributed by atoms with E-state index in [0.717, 1.165) is 35.8 Å². The summed E-state index contributed by atoms with van der Waals surface area (Å²) in [7, 11) is 0. The number of hydrogen-bond acceptors (Lipinski definition) is 4. The molecule has 1 aromatic heterocycles. The third-order valence-electron chi connectivity index (χ3n) is 5.31. The van der Waals surface area contributed by atoms with Crippen LogP contribution in [0.4, 0.5) is 5.82 Å². The molecule has 2 aromatic rings. The Kier molecular flexibility index (Phi) is 4.01. The summed E-state index contributed by atoms with van der Waals surface area (Å²) >= 11 is 0. The minimum Gasteiger partial charge on any atom is -0.478 e. The van der Waals surface area contributed by atoms with E-state index in [9.17, 15) is 9.90 Å². The molecule has 5 nitrogen and oxygen atoms in total. The fourth-order valence-corrected chi connectivity index (χ4v) is 3.86. The van der Waals surface area contributed by atoms with Gasteiger partial charge in [0.25, 0.3) is 0 Å². The molecule has 0 unspecified atom stereocenters. The number of fused-ring (bicyclic) bond motifs is 1.